The molecule has 1 heterocycles. The van der Waals surface area contributed by atoms with Crippen LogP contribution in [0.15, 0.2) is 12.1 Å². The molecule has 2 rings (SSSR count). The second kappa shape index (κ2) is 7.19. The number of hydrogen-bond acceptors (Lipinski definition) is 3. The minimum Gasteiger partial charge on any atom is -0.493 e. The highest BCUT2D eigenvalue weighted by Crippen LogP contribution is 2.36. The zero-order chi connectivity index (χ0) is 14.5. The van der Waals surface area contributed by atoms with Crippen molar-refractivity contribution in [2.75, 3.05) is 13.7 Å². The van der Waals surface area contributed by atoms with Gasteiger partial charge in [0, 0.05) is 22.7 Å². The molecule has 1 aromatic rings. The number of benzene rings is 1. The molecule has 0 aromatic heterocycles. The van der Waals surface area contributed by atoms with E-state index in [-0.39, 0.29) is 6.10 Å². The van der Waals surface area contributed by atoms with Crippen molar-refractivity contribution in [3.63, 3.8) is 0 Å². The topological polar surface area (TPSA) is 30.5 Å². The first-order valence-electron chi connectivity index (χ1n) is 7.36. The molecule has 1 saturated heterocycles. The molecular formula is C16H24ClNO2. The molecular weight excluding hydrogens is 274 g/mol. The molecule has 1 unspecified atom stereocenters. The Balaban J connectivity index is 2.25. The van der Waals surface area contributed by atoms with Gasteiger partial charge in [0.1, 0.15) is 0 Å². The van der Waals surface area contributed by atoms with E-state index in [0.29, 0.717) is 11.1 Å². The first kappa shape index (κ1) is 15.5. The molecule has 1 aliphatic rings. The minimum atomic E-state index is 0.114. The molecule has 1 fully saturated rings. The summed E-state index contributed by atoms with van der Waals surface area (Å²) in [6.07, 6.45) is 4.80. The average Bonchev–Trinajstić information content (AvgIpc) is 2.42. The Kier molecular flexibility index (Phi) is 5.55. The van der Waals surface area contributed by atoms with Crippen molar-refractivity contribution in [3.8, 4) is 11.5 Å². The highest BCUT2D eigenvalue weighted by molar-refractivity contribution is 6.30. The van der Waals surface area contributed by atoms with Crippen molar-refractivity contribution < 1.29 is 9.47 Å². The Labute approximate surface area is 126 Å². The zero-order valence-electron chi connectivity index (χ0n) is 12.5. The molecule has 1 N–H and O–H groups in total. The Morgan fingerprint density at radius 2 is 2.15 bits per heavy atom. The van der Waals surface area contributed by atoms with E-state index >= 15 is 0 Å². The SMILES string of the molecule is COc1cc(Cl)cc(CC2CCCCN2)c1OC(C)C. The van der Waals surface area contributed by atoms with Crippen LogP contribution in [0, 0.1) is 0 Å². The Morgan fingerprint density at radius 1 is 1.35 bits per heavy atom. The van der Waals surface area contributed by atoms with E-state index in [1.807, 2.05) is 26.0 Å². The summed E-state index contributed by atoms with van der Waals surface area (Å²) in [6.45, 7) is 5.15. The van der Waals surface area contributed by atoms with Crippen LogP contribution in [0.4, 0.5) is 0 Å². The van der Waals surface area contributed by atoms with Crippen LogP contribution in [0.5, 0.6) is 11.5 Å². The van der Waals surface area contributed by atoms with Gasteiger partial charge in [0.2, 0.25) is 0 Å². The highest BCUT2D eigenvalue weighted by Gasteiger charge is 2.19. The lowest BCUT2D eigenvalue weighted by Crippen LogP contribution is -2.35. The van der Waals surface area contributed by atoms with Gasteiger partial charge in [0.15, 0.2) is 11.5 Å². The molecule has 0 aliphatic carbocycles. The number of piperidine rings is 1. The van der Waals surface area contributed by atoms with Gasteiger partial charge in [-0.1, -0.05) is 18.0 Å². The standard InChI is InChI=1S/C16H24ClNO2/c1-11(2)20-16-12(8-13(17)10-15(16)19-3)9-14-6-4-5-7-18-14/h8,10-11,14,18H,4-7,9H2,1-3H3. The molecule has 0 bridgehead atoms. The van der Waals surface area contributed by atoms with Crippen LogP contribution in [0.2, 0.25) is 5.02 Å². The largest absolute Gasteiger partial charge is 0.493 e. The Hall–Kier alpha value is -0.930. The maximum atomic E-state index is 6.20. The van der Waals surface area contributed by atoms with E-state index in [2.05, 4.69) is 5.32 Å². The predicted octanol–water partition coefficient (Wildman–Crippen LogP) is 3.82. The van der Waals surface area contributed by atoms with Crippen LogP contribution in [-0.2, 0) is 6.42 Å². The third-order valence-electron chi connectivity index (χ3n) is 3.55. The van der Waals surface area contributed by atoms with Crippen LogP contribution in [0.1, 0.15) is 38.7 Å². The molecule has 1 aliphatic heterocycles. The lowest BCUT2D eigenvalue weighted by molar-refractivity contribution is 0.226. The van der Waals surface area contributed by atoms with Crippen molar-refractivity contribution in [1.29, 1.82) is 0 Å². The number of nitrogens with one attached hydrogen (secondary N) is 1. The van der Waals surface area contributed by atoms with Gasteiger partial charge in [-0.3, -0.25) is 0 Å². The normalized spacial score (nSPS) is 19.1. The van der Waals surface area contributed by atoms with E-state index < -0.39 is 0 Å². The summed E-state index contributed by atoms with van der Waals surface area (Å²) < 4.78 is 11.4. The summed E-state index contributed by atoms with van der Waals surface area (Å²) in [5, 5.41) is 4.26. The van der Waals surface area contributed by atoms with E-state index in [0.717, 1.165) is 30.0 Å². The lowest BCUT2D eigenvalue weighted by Gasteiger charge is -2.25. The van der Waals surface area contributed by atoms with Gasteiger partial charge >= 0.3 is 0 Å². The van der Waals surface area contributed by atoms with Crippen LogP contribution in [0.3, 0.4) is 0 Å². The number of hydrogen-bond donors (Lipinski definition) is 1. The van der Waals surface area contributed by atoms with Crippen LogP contribution in [0.25, 0.3) is 0 Å². The fraction of sp³-hybridized carbons (Fsp3) is 0.625. The molecule has 1 aromatic carbocycles. The smallest absolute Gasteiger partial charge is 0.164 e. The van der Waals surface area contributed by atoms with Crippen LogP contribution in [-0.4, -0.2) is 25.8 Å². The van der Waals surface area contributed by atoms with Gasteiger partial charge < -0.3 is 14.8 Å². The van der Waals surface area contributed by atoms with Crippen molar-refractivity contribution in [2.45, 2.75) is 51.7 Å². The molecule has 0 radical (unpaired) electrons. The molecule has 112 valence electrons. The monoisotopic (exact) mass is 297 g/mol. The summed E-state index contributed by atoms with van der Waals surface area (Å²) >= 11 is 6.20. The highest BCUT2D eigenvalue weighted by atomic mass is 35.5. The second-order valence-corrected chi connectivity index (χ2v) is 6.05. The van der Waals surface area contributed by atoms with Gasteiger partial charge in [0.05, 0.1) is 13.2 Å². The van der Waals surface area contributed by atoms with Gasteiger partial charge in [-0.05, 0) is 45.7 Å². The molecule has 0 saturated carbocycles. The molecule has 20 heavy (non-hydrogen) atoms. The predicted molar refractivity (Wildman–Crippen MR) is 83.1 cm³/mol. The zero-order valence-corrected chi connectivity index (χ0v) is 13.3. The van der Waals surface area contributed by atoms with E-state index in [1.165, 1.54) is 19.3 Å². The molecule has 0 amide bonds. The van der Waals surface area contributed by atoms with Crippen LogP contribution >= 0.6 is 11.6 Å². The van der Waals surface area contributed by atoms with Gasteiger partial charge in [-0.25, -0.2) is 0 Å². The molecule has 1 atom stereocenters. The first-order chi connectivity index (χ1) is 9.60. The van der Waals surface area contributed by atoms with Gasteiger partial charge in [-0.15, -0.1) is 0 Å². The quantitative estimate of drug-likeness (QED) is 0.896. The summed E-state index contributed by atoms with van der Waals surface area (Å²) in [4.78, 5) is 0. The Bertz CT molecular complexity index is 442. The summed E-state index contributed by atoms with van der Waals surface area (Å²) in [5.74, 6) is 1.55. The van der Waals surface area contributed by atoms with E-state index in [9.17, 15) is 0 Å². The van der Waals surface area contributed by atoms with Crippen molar-refractivity contribution in [3.05, 3.63) is 22.7 Å². The third kappa shape index (κ3) is 4.03. The van der Waals surface area contributed by atoms with Gasteiger partial charge in [-0.2, -0.15) is 0 Å². The first-order valence-corrected chi connectivity index (χ1v) is 7.74. The summed E-state index contributed by atoms with van der Waals surface area (Å²) in [7, 11) is 1.65. The average molecular weight is 298 g/mol. The van der Waals surface area contributed by atoms with E-state index in [1.54, 1.807) is 7.11 Å². The number of halogens is 1. The second-order valence-electron chi connectivity index (χ2n) is 5.61. The van der Waals surface area contributed by atoms with E-state index in [4.69, 9.17) is 21.1 Å². The summed E-state index contributed by atoms with van der Waals surface area (Å²) in [5.41, 5.74) is 1.13. The van der Waals surface area contributed by atoms with Crippen LogP contribution < -0.4 is 14.8 Å². The lowest BCUT2D eigenvalue weighted by atomic mass is 9.97. The third-order valence-corrected chi connectivity index (χ3v) is 3.77. The maximum absolute atomic E-state index is 6.20. The maximum Gasteiger partial charge on any atom is 0.164 e. The van der Waals surface area contributed by atoms with Crippen molar-refractivity contribution in [2.24, 2.45) is 0 Å². The summed E-state index contributed by atoms with van der Waals surface area (Å²) in [6, 6.07) is 4.32. The number of methoxy groups -OCH3 is 1. The minimum absolute atomic E-state index is 0.114. The number of ether oxygens (including phenoxy) is 2. The fourth-order valence-corrected chi connectivity index (χ4v) is 2.89. The molecule has 3 nitrogen and oxygen atoms in total. The van der Waals surface area contributed by atoms with Crippen molar-refractivity contribution >= 4 is 11.6 Å². The Morgan fingerprint density at radius 3 is 2.75 bits per heavy atom. The van der Waals surface area contributed by atoms with Gasteiger partial charge in [0.25, 0.3) is 0 Å². The fourth-order valence-electron chi connectivity index (χ4n) is 2.66. The van der Waals surface area contributed by atoms with Crippen molar-refractivity contribution in [1.82, 2.24) is 5.32 Å². The molecule has 0 spiro atoms. The molecule has 4 heteroatoms. The number of rotatable bonds is 5.